The molecule has 6 nitrogen and oxygen atoms in total. The van der Waals surface area contributed by atoms with Gasteiger partial charge in [0.25, 0.3) is 5.91 Å². The molecular weight excluding hydrogens is 370 g/mol. The van der Waals surface area contributed by atoms with Crippen molar-refractivity contribution in [3.05, 3.63) is 58.6 Å². The normalized spacial score (nSPS) is 10.2. The lowest BCUT2D eigenvalue weighted by Gasteiger charge is -2.17. The molecule has 0 atom stereocenters. The number of halogens is 1. The number of hydrogen-bond donors (Lipinski definition) is 0. The maximum atomic E-state index is 12.2. The first-order valence-electron chi connectivity index (χ1n) is 8.41. The third-order valence-electron chi connectivity index (χ3n) is 3.78. The Morgan fingerprint density at radius 2 is 1.78 bits per heavy atom. The van der Waals surface area contributed by atoms with Crippen molar-refractivity contribution in [2.45, 2.75) is 13.5 Å². The summed E-state index contributed by atoms with van der Waals surface area (Å²) in [5, 5.41) is 0.632. The molecule has 0 aromatic heterocycles. The van der Waals surface area contributed by atoms with E-state index in [9.17, 15) is 9.59 Å². The number of likely N-dealkylation sites (N-methyl/N-ethyl adjacent to an activating group) is 1. The van der Waals surface area contributed by atoms with E-state index in [0.717, 1.165) is 5.56 Å². The van der Waals surface area contributed by atoms with E-state index in [1.165, 1.54) is 18.1 Å². The molecule has 7 heteroatoms. The second kappa shape index (κ2) is 9.83. The first kappa shape index (κ1) is 20.6. The second-order valence-corrected chi connectivity index (χ2v) is 6.19. The van der Waals surface area contributed by atoms with Crippen molar-refractivity contribution in [2.75, 3.05) is 27.4 Å². The molecule has 0 radical (unpaired) electrons. The van der Waals surface area contributed by atoms with Crippen LogP contribution >= 0.6 is 11.6 Å². The van der Waals surface area contributed by atoms with Gasteiger partial charge in [-0.1, -0.05) is 23.7 Å². The van der Waals surface area contributed by atoms with Crippen LogP contribution in [0.4, 0.5) is 0 Å². The van der Waals surface area contributed by atoms with Crippen LogP contribution in [-0.4, -0.2) is 44.1 Å². The highest BCUT2D eigenvalue weighted by Gasteiger charge is 2.16. The minimum atomic E-state index is -0.605. The van der Waals surface area contributed by atoms with E-state index < -0.39 is 5.97 Å². The average molecular weight is 392 g/mol. The summed E-state index contributed by atoms with van der Waals surface area (Å²) in [6, 6.07) is 11.9. The largest absolute Gasteiger partial charge is 0.493 e. The number of ether oxygens (including phenoxy) is 3. The van der Waals surface area contributed by atoms with Gasteiger partial charge in [0.15, 0.2) is 18.1 Å². The zero-order chi connectivity index (χ0) is 19.8. The maximum Gasteiger partial charge on any atom is 0.338 e. The zero-order valence-corrected chi connectivity index (χ0v) is 16.3. The number of methoxy groups -OCH3 is 1. The molecule has 2 rings (SSSR count). The van der Waals surface area contributed by atoms with Gasteiger partial charge in [-0.25, -0.2) is 4.79 Å². The third-order valence-corrected chi connectivity index (χ3v) is 4.04. The molecule has 0 heterocycles. The SMILES string of the molecule is CCOc1cc(C(=O)OCC(=O)N(C)Cc2ccc(Cl)cc2)ccc1OC. The van der Waals surface area contributed by atoms with Crippen LogP contribution in [0.3, 0.4) is 0 Å². The Bertz CT molecular complexity index is 791. The summed E-state index contributed by atoms with van der Waals surface area (Å²) in [5.74, 6) is 0.0523. The molecule has 0 unspecified atom stereocenters. The molecule has 0 fully saturated rings. The maximum absolute atomic E-state index is 12.2. The monoisotopic (exact) mass is 391 g/mol. The molecule has 0 aliphatic heterocycles. The van der Waals surface area contributed by atoms with Gasteiger partial charge in [0.2, 0.25) is 0 Å². The minimum absolute atomic E-state index is 0.285. The van der Waals surface area contributed by atoms with E-state index in [4.69, 9.17) is 25.8 Å². The fourth-order valence-electron chi connectivity index (χ4n) is 2.34. The Balaban J connectivity index is 1.93. The van der Waals surface area contributed by atoms with Gasteiger partial charge >= 0.3 is 5.97 Å². The highest BCUT2D eigenvalue weighted by Crippen LogP contribution is 2.28. The lowest BCUT2D eigenvalue weighted by atomic mass is 10.2. The zero-order valence-electron chi connectivity index (χ0n) is 15.5. The molecule has 1 amide bonds. The first-order chi connectivity index (χ1) is 12.9. The number of carbonyl (C=O) groups is 2. The van der Waals surface area contributed by atoms with Crippen LogP contribution in [0.2, 0.25) is 5.02 Å². The van der Waals surface area contributed by atoms with Crippen LogP contribution < -0.4 is 9.47 Å². The highest BCUT2D eigenvalue weighted by atomic mass is 35.5. The van der Waals surface area contributed by atoms with Gasteiger partial charge in [0.05, 0.1) is 19.3 Å². The molecule has 0 aliphatic rings. The van der Waals surface area contributed by atoms with Gasteiger partial charge < -0.3 is 19.1 Å². The Morgan fingerprint density at radius 3 is 2.41 bits per heavy atom. The number of esters is 1. The predicted octanol–water partition coefficient (Wildman–Crippen LogP) is 3.56. The van der Waals surface area contributed by atoms with Gasteiger partial charge in [0, 0.05) is 18.6 Å². The highest BCUT2D eigenvalue weighted by molar-refractivity contribution is 6.30. The standard InChI is InChI=1S/C20H22ClNO5/c1-4-26-18-11-15(7-10-17(18)25-3)20(24)27-13-19(23)22(2)12-14-5-8-16(21)9-6-14/h5-11H,4,12-13H2,1-3H3. The summed E-state index contributed by atoms with van der Waals surface area (Å²) >= 11 is 5.85. The number of carbonyl (C=O) groups excluding carboxylic acids is 2. The first-order valence-corrected chi connectivity index (χ1v) is 8.78. The van der Waals surface area contributed by atoms with E-state index in [-0.39, 0.29) is 18.1 Å². The van der Waals surface area contributed by atoms with Crippen LogP contribution in [0, 0.1) is 0 Å². The smallest absolute Gasteiger partial charge is 0.338 e. The molecule has 144 valence electrons. The Kier molecular flexibility index (Phi) is 7.49. The summed E-state index contributed by atoms with van der Waals surface area (Å²) in [6.45, 7) is 2.31. The summed E-state index contributed by atoms with van der Waals surface area (Å²) in [6.07, 6.45) is 0. The van der Waals surface area contributed by atoms with Crippen LogP contribution in [0.15, 0.2) is 42.5 Å². The molecule has 27 heavy (non-hydrogen) atoms. The predicted molar refractivity (Wildman–Crippen MR) is 102 cm³/mol. The van der Waals surface area contributed by atoms with Crippen LogP contribution in [0.1, 0.15) is 22.8 Å². The van der Waals surface area contributed by atoms with E-state index in [1.807, 2.05) is 19.1 Å². The van der Waals surface area contributed by atoms with Crippen molar-refractivity contribution >= 4 is 23.5 Å². The molecule has 0 spiro atoms. The van der Waals surface area contributed by atoms with Crippen molar-refractivity contribution in [1.82, 2.24) is 4.90 Å². The van der Waals surface area contributed by atoms with Gasteiger partial charge in [-0.2, -0.15) is 0 Å². The number of amides is 1. The summed E-state index contributed by atoms with van der Waals surface area (Å²) < 4.78 is 15.7. The fraction of sp³-hybridized carbons (Fsp3) is 0.300. The van der Waals surface area contributed by atoms with E-state index >= 15 is 0 Å². The molecule has 0 saturated carbocycles. The van der Waals surface area contributed by atoms with E-state index in [2.05, 4.69) is 0 Å². The Labute approximate surface area is 163 Å². The van der Waals surface area contributed by atoms with Crippen LogP contribution in [-0.2, 0) is 16.1 Å². The van der Waals surface area contributed by atoms with Crippen molar-refractivity contribution < 1.29 is 23.8 Å². The van der Waals surface area contributed by atoms with Gasteiger partial charge in [0.1, 0.15) is 0 Å². The number of nitrogens with zero attached hydrogens (tertiary/aromatic N) is 1. The third kappa shape index (κ3) is 5.89. The minimum Gasteiger partial charge on any atom is -0.493 e. The molecule has 2 aromatic rings. The lowest BCUT2D eigenvalue weighted by Crippen LogP contribution is -2.30. The molecule has 0 saturated heterocycles. The Morgan fingerprint density at radius 1 is 1.07 bits per heavy atom. The molecule has 0 bridgehead atoms. The van der Waals surface area contributed by atoms with Crippen molar-refractivity contribution in [3.8, 4) is 11.5 Å². The topological polar surface area (TPSA) is 65.1 Å². The fourth-order valence-corrected chi connectivity index (χ4v) is 2.47. The second-order valence-electron chi connectivity index (χ2n) is 5.75. The molecule has 0 aliphatic carbocycles. The molecular formula is C20H22ClNO5. The Hall–Kier alpha value is -2.73. The quantitative estimate of drug-likeness (QED) is 0.644. The van der Waals surface area contributed by atoms with Crippen molar-refractivity contribution in [1.29, 1.82) is 0 Å². The molecule has 0 N–H and O–H groups in total. The van der Waals surface area contributed by atoms with Crippen LogP contribution in [0.5, 0.6) is 11.5 Å². The van der Waals surface area contributed by atoms with E-state index in [1.54, 1.807) is 31.3 Å². The number of rotatable bonds is 8. The number of benzene rings is 2. The van der Waals surface area contributed by atoms with Crippen molar-refractivity contribution in [2.24, 2.45) is 0 Å². The van der Waals surface area contributed by atoms with Crippen LogP contribution in [0.25, 0.3) is 0 Å². The summed E-state index contributed by atoms with van der Waals surface area (Å²) in [5.41, 5.74) is 1.21. The summed E-state index contributed by atoms with van der Waals surface area (Å²) in [7, 11) is 3.16. The summed E-state index contributed by atoms with van der Waals surface area (Å²) in [4.78, 5) is 25.9. The van der Waals surface area contributed by atoms with Gasteiger partial charge in [-0.3, -0.25) is 4.79 Å². The van der Waals surface area contributed by atoms with Crippen molar-refractivity contribution in [3.63, 3.8) is 0 Å². The van der Waals surface area contributed by atoms with Gasteiger partial charge in [-0.15, -0.1) is 0 Å². The average Bonchev–Trinajstić information content (AvgIpc) is 2.67. The molecule has 2 aromatic carbocycles. The lowest BCUT2D eigenvalue weighted by molar-refractivity contribution is -0.133. The number of hydrogen-bond acceptors (Lipinski definition) is 5. The van der Waals surface area contributed by atoms with E-state index in [0.29, 0.717) is 29.7 Å². The van der Waals surface area contributed by atoms with Gasteiger partial charge in [-0.05, 0) is 42.8 Å².